The third-order valence-corrected chi connectivity index (χ3v) is 4.85. The van der Waals surface area contributed by atoms with E-state index in [0.29, 0.717) is 19.5 Å². The third-order valence-electron chi connectivity index (χ3n) is 4.85. The summed E-state index contributed by atoms with van der Waals surface area (Å²) in [4.78, 5) is 27.8. The number of nitrogens with one attached hydrogen (secondary N) is 1. The molecule has 2 heterocycles. The van der Waals surface area contributed by atoms with Crippen molar-refractivity contribution < 1.29 is 18.7 Å². The molecule has 7 heteroatoms. The average molecular weight is 349 g/mol. The molecule has 2 atom stereocenters. The lowest BCUT2D eigenvalue weighted by molar-refractivity contribution is -0.136. The Hall–Kier alpha value is -1.99. The number of carbonyl (C=O) groups is 2. The van der Waals surface area contributed by atoms with Gasteiger partial charge in [0, 0.05) is 26.7 Å². The van der Waals surface area contributed by atoms with Crippen molar-refractivity contribution in [3.05, 3.63) is 30.1 Å². The Balaban J connectivity index is 1.53. The summed E-state index contributed by atoms with van der Waals surface area (Å²) in [5, 5.41) is 3.10. The molecule has 0 aliphatic carbocycles. The molecule has 2 amide bonds. The molecule has 0 saturated carbocycles. The van der Waals surface area contributed by atoms with Crippen LogP contribution in [0.4, 0.5) is 10.1 Å². The summed E-state index contributed by atoms with van der Waals surface area (Å²) in [5.74, 6) is -0.810. The highest BCUT2D eigenvalue weighted by atomic mass is 19.1. The molecule has 1 aromatic rings. The molecule has 0 radical (unpaired) electrons. The monoisotopic (exact) mass is 349 g/mol. The standard InChI is InChI=1S/C18H24FN3O3/c1-21(17(23)12-20-11-13-5-4-10-25-13)16-8-9-22(18(16)24)15-7-3-2-6-14(15)19/h2-3,6-7,13,16,20H,4-5,8-12H2,1H3. The van der Waals surface area contributed by atoms with Crippen molar-refractivity contribution in [1.29, 1.82) is 0 Å². The minimum absolute atomic E-state index is 0.147. The molecule has 0 spiro atoms. The fourth-order valence-corrected chi connectivity index (χ4v) is 3.38. The molecular weight excluding hydrogens is 325 g/mol. The van der Waals surface area contributed by atoms with Gasteiger partial charge in [-0.1, -0.05) is 12.1 Å². The van der Waals surface area contributed by atoms with Crippen LogP contribution < -0.4 is 10.2 Å². The second kappa shape index (κ2) is 7.93. The number of hydrogen-bond acceptors (Lipinski definition) is 4. The number of benzene rings is 1. The number of amides is 2. The highest BCUT2D eigenvalue weighted by Crippen LogP contribution is 2.26. The van der Waals surface area contributed by atoms with Gasteiger partial charge in [0.05, 0.1) is 18.3 Å². The van der Waals surface area contributed by atoms with Crippen LogP contribution in [0.25, 0.3) is 0 Å². The number of nitrogens with zero attached hydrogens (tertiary/aromatic N) is 2. The van der Waals surface area contributed by atoms with Crippen molar-refractivity contribution in [3.8, 4) is 0 Å². The van der Waals surface area contributed by atoms with Crippen LogP contribution in [-0.2, 0) is 14.3 Å². The van der Waals surface area contributed by atoms with Crippen LogP contribution in [0.3, 0.4) is 0 Å². The largest absolute Gasteiger partial charge is 0.377 e. The number of halogens is 1. The van der Waals surface area contributed by atoms with Gasteiger partial charge in [-0.25, -0.2) is 4.39 Å². The van der Waals surface area contributed by atoms with Gasteiger partial charge < -0.3 is 19.9 Å². The molecular formula is C18H24FN3O3. The molecule has 1 aromatic carbocycles. The minimum atomic E-state index is -0.545. The van der Waals surface area contributed by atoms with E-state index in [-0.39, 0.29) is 30.2 Å². The predicted molar refractivity (Wildman–Crippen MR) is 91.8 cm³/mol. The zero-order chi connectivity index (χ0) is 17.8. The maximum atomic E-state index is 13.9. The van der Waals surface area contributed by atoms with Gasteiger partial charge in [0.1, 0.15) is 11.9 Å². The zero-order valence-electron chi connectivity index (χ0n) is 14.4. The Labute approximate surface area is 146 Å². The maximum Gasteiger partial charge on any atom is 0.249 e. The molecule has 2 saturated heterocycles. The van der Waals surface area contributed by atoms with Crippen LogP contribution in [0.1, 0.15) is 19.3 Å². The minimum Gasteiger partial charge on any atom is -0.377 e. The van der Waals surface area contributed by atoms with Gasteiger partial charge in [0.15, 0.2) is 0 Å². The Kier molecular flexibility index (Phi) is 5.65. The topological polar surface area (TPSA) is 61.9 Å². The fourth-order valence-electron chi connectivity index (χ4n) is 3.38. The Morgan fingerprint density at radius 1 is 1.40 bits per heavy atom. The van der Waals surface area contributed by atoms with Crippen LogP contribution in [-0.4, -0.2) is 62.1 Å². The molecule has 2 aliphatic heterocycles. The highest BCUT2D eigenvalue weighted by Gasteiger charge is 2.37. The lowest BCUT2D eigenvalue weighted by Gasteiger charge is -2.24. The summed E-state index contributed by atoms with van der Waals surface area (Å²) >= 11 is 0. The van der Waals surface area contributed by atoms with Gasteiger partial charge >= 0.3 is 0 Å². The van der Waals surface area contributed by atoms with Crippen LogP contribution in [0, 0.1) is 5.82 Å². The van der Waals surface area contributed by atoms with E-state index in [9.17, 15) is 14.0 Å². The van der Waals surface area contributed by atoms with Crippen LogP contribution in [0.15, 0.2) is 24.3 Å². The van der Waals surface area contributed by atoms with Crippen molar-refractivity contribution in [2.24, 2.45) is 0 Å². The number of likely N-dealkylation sites (N-methyl/N-ethyl adjacent to an activating group) is 1. The van der Waals surface area contributed by atoms with E-state index in [1.807, 2.05) is 0 Å². The molecule has 0 bridgehead atoms. The van der Waals surface area contributed by atoms with E-state index < -0.39 is 11.9 Å². The number of ether oxygens (including phenoxy) is 1. The molecule has 0 aromatic heterocycles. The second-order valence-electron chi connectivity index (χ2n) is 6.52. The molecule has 2 unspecified atom stereocenters. The Morgan fingerprint density at radius 3 is 2.92 bits per heavy atom. The molecule has 136 valence electrons. The van der Waals surface area contributed by atoms with Gasteiger partial charge in [0.25, 0.3) is 0 Å². The smallest absolute Gasteiger partial charge is 0.249 e. The van der Waals surface area contributed by atoms with E-state index in [1.165, 1.54) is 15.9 Å². The van der Waals surface area contributed by atoms with Crippen molar-refractivity contribution in [1.82, 2.24) is 10.2 Å². The van der Waals surface area contributed by atoms with Crippen LogP contribution in [0.2, 0.25) is 0 Å². The summed E-state index contributed by atoms with van der Waals surface area (Å²) in [6.45, 7) is 1.99. The first-order chi connectivity index (χ1) is 12.1. The van der Waals surface area contributed by atoms with E-state index >= 15 is 0 Å². The van der Waals surface area contributed by atoms with Gasteiger partial charge in [-0.2, -0.15) is 0 Å². The van der Waals surface area contributed by atoms with E-state index in [4.69, 9.17) is 4.74 Å². The highest BCUT2D eigenvalue weighted by molar-refractivity contribution is 6.01. The van der Waals surface area contributed by atoms with Gasteiger partial charge in [-0.15, -0.1) is 0 Å². The number of rotatable bonds is 6. The molecule has 2 aliphatic rings. The van der Waals surface area contributed by atoms with Gasteiger partial charge in [0.2, 0.25) is 11.8 Å². The normalized spacial score (nSPS) is 23.3. The molecule has 2 fully saturated rings. The molecule has 3 rings (SSSR count). The number of para-hydroxylation sites is 1. The quantitative estimate of drug-likeness (QED) is 0.837. The zero-order valence-corrected chi connectivity index (χ0v) is 14.4. The van der Waals surface area contributed by atoms with Crippen molar-refractivity contribution in [2.45, 2.75) is 31.4 Å². The van der Waals surface area contributed by atoms with Crippen molar-refractivity contribution in [2.75, 3.05) is 38.2 Å². The predicted octanol–water partition coefficient (Wildman–Crippen LogP) is 1.16. The number of anilines is 1. The van der Waals surface area contributed by atoms with E-state index in [0.717, 1.165) is 19.4 Å². The van der Waals surface area contributed by atoms with Crippen LogP contribution >= 0.6 is 0 Å². The summed E-state index contributed by atoms with van der Waals surface area (Å²) in [7, 11) is 1.63. The Morgan fingerprint density at radius 2 is 2.20 bits per heavy atom. The lowest BCUT2D eigenvalue weighted by Crippen LogP contribution is -2.46. The lowest BCUT2D eigenvalue weighted by atomic mass is 10.2. The first-order valence-corrected chi connectivity index (χ1v) is 8.72. The summed E-state index contributed by atoms with van der Waals surface area (Å²) in [6.07, 6.45) is 2.74. The fraction of sp³-hybridized carbons (Fsp3) is 0.556. The molecule has 1 N–H and O–H groups in total. The van der Waals surface area contributed by atoms with Gasteiger partial charge in [-0.05, 0) is 31.4 Å². The Bertz CT molecular complexity index is 634. The number of hydrogen-bond donors (Lipinski definition) is 1. The van der Waals surface area contributed by atoms with E-state index in [1.54, 1.807) is 25.2 Å². The average Bonchev–Trinajstić information content (AvgIpc) is 3.24. The first kappa shape index (κ1) is 17.8. The van der Waals surface area contributed by atoms with Crippen LogP contribution in [0.5, 0.6) is 0 Å². The second-order valence-corrected chi connectivity index (χ2v) is 6.52. The SMILES string of the molecule is CN(C(=O)CNCC1CCCO1)C1CCN(c2ccccc2F)C1=O. The summed E-state index contributed by atoms with van der Waals surface area (Å²) in [6, 6.07) is 5.66. The molecule has 25 heavy (non-hydrogen) atoms. The van der Waals surface area contributed by atoms with E-state index in [2.05, 4.69) is 5.32 Å². The first-order valence-electron chi connectivity index (χ1n) is 8.72. The molecule has 6 nitrogen and oxygen atoms in total. The summed E-state index contributed by atoms with van der Waals surface area (Å²) in [5.41, 5.74) is 0.271. The summed E-state index contributed by atoms with van der Waals surface area (Å²) < 4.78 is 19.4. The van der Waals surface area contributed by atoms with Gasteiger partial charge in [-0.3, -0.25) is 9.59 Å². The van der Waals surface area contributed by atoms with Crippen molar-refractivity contribution >= 4 is 17.5 Å². The maximum absolute atomic E-state index is 13.9. The van der Waals surface area contributed by atoms with Crippen molar-refractivity contribution in [3.63, 3.8) is 0 Å². The number of carbonyl (C=O) groups excluding carboxylic acids is 2. The third kappa shape index (κ3) is 3.99.